The van der Waals surface area contributed by atoms with Crippen molar-refractivity contribution in [1.82, 2.24) is 10.2 Å². The van der Waals surface area contributed by atoms with Crippen LogP contribution in [0, 0.1) is 0 Å². The van der Waals surface area contributed by atoms with Crippen molar-refractivity contribution in [2.24, 2.45) is 0 Å². The van der Waals surface area contributed by atoms with Gasteiger partial charge in [-0.15, -0.1) is 11.3 Å². The average molecular weight is 411 g/mol. The molecule has 0 radical (unpaired) electrons. The molecule has 7 heteroatoms. The molecule has 26 heavy (non-hydrogen) atoms. The molecule has 0 bridgehead atoms. The Bertz CT molecular complexity index is 759. The Hall–Kier alpha value is -1.37. The Labute approximate surface area is 167 Å². The van der Waals surface area contributed by atoms with E-state index in [-0.39, 0.29) is 11.9 Å². The molecule has 0 unspecified atom stereocenters. The number of nitrogens with one attached hydrogen (secondary N) is 1. The molecule has 4 nitrogen and oxygen atoms in total. The Morgan fingerprint density at radius 2 is 2.08 bits per heavy atom. The lowest BCUT2D eigenvalue weighted by Crippen LogP contribution is -2.43. The lowest BCUT2D eigenvalue weighted by molar-refractivity contribution is -0.116. The quantitative estimate of drug-likeness (QED) is 0.723. The molecule has 1 saturated heterocycles. The van der Waals surface area contributed by atoms with Gasteiger partial charge < -0.3 is 10.1 Å². The number of hydrogen-bond acceptors (Lipinski definition) is 4. The van der Waals surface area contributed by atoms with Crippen LogP contribution in [0.3, 0.4) is 0 Å². The molecule has 3 rings (SSSR count). The molecule has 1 aromatic heterocycles. The number of thiophene rings is 1. The first-order chi connectivity index (χ1) is 12.6. The molecule has 1 aromatic carbocycles. The zero-order valence-electron chi connectivity index (χ0n) is 14.2. The van der Waals surface area contributed by atoms with Gasteiger partial charge in [0.15, 0.2) is 0 Å². The molecule has 1 N–H and O–H groups in total. The van der Waals surface area contributed by atoms with E-state index in [0.29, 0.717) is 16.6 Å². The molecule has 1 aliphatic rings. The van der Waals surface area contributed by atoms with Crippen LogP contribution in [0.2, 0.25) is 10.0 Å². The maximum Gasteiger partial charge on any atom is 0.244 e. The first-order valence-electron chi connectivity index (χ1n) is 8.40. The molecular formula is C19H20Cl2N2O2S. The summed E-state index contributed by atoms with van der Waals surface area (Å²) in [6.45, 7) is 3.73. The second-order valence-corrected chi connectivity index (χ2v) is 7.67. The van der Waals surface area contributed by atoms with E-state index in [2.05, 4.69) is 21.7 Å². The minimum atomic E-state index is -0.157. The summed E-state index contributed by atoms with van der Waals surface area (Å²) in [5, 5.41) is 5.97. The number of nitrogens with zero attached hydrogens (tertiary/aromatic N) is 1. The molecule has 0 spiro atoms. The first-order valence-corrected chi connectivity index (χ1v) is 10.0. The van der Waals surface area contributed by atoms with Gasteiger partial charge in [0.2, 0.25) is 5.91 Å². The maximum absolute atomic E-state index is 12.3. The van der Waals surface area contributed by atoms with E-state index in [9.17, 15) is 4.79 Å². The summed E-state index contributed by atoms with van der Waals surface area (Å²) in [6.07, 6.45) is 3.17. The number of carbonyl (C=O) groups is 1. The highest BCUT2D eigenvalue weighted by atomic mass is 35.5. The monoisotopic (exact) mass is 410 g/mol. The minimum Gasteiger partial charge on any atom is -0.379 e. The molecule has 138 valence electrons. The van der Waals surface area contributed by atoms with Crippen LogP contribution in [0.1, 0.15) is 16.5 Å². The first kappa shape index (κ1) is 19.4. The average Bonchev–Trinajstić information content (AvgIpc) is 3.18. The molecule has 2 aromatic rings. The van der Waals surface area contributed by atoms with Crippen LogP contribution in [-0.2, 0) is 9.53 Å². The number of benzene rings is 1. The Morgan fingerprint density at radius 1 is 1.27 bits per heavy atom. The van der Waals surface area contributed by atoms with Gasteiger partial charge in [0.25, 0.3) is 0 Å². The van der Waals surface area contributed by atoms with Crippen LogP contribution >= 0.6 is 34.5 Å². The number of halogens is 2. The van der Waals surface area contributed by atoms with Gasteiger partial charge in [0.05, 0.1) is 29.3 Å². The van der Waals surface area contributed by atoms with E-state index < -0.39 is 0 Å². The SMILES string of the molecule is O=C(/C=C/c1cccc(Cl)c1Cl)NC[C@@H](c1cccs1)N1CCOCC1. The minimum absolute atomic E-state index is 0.157. The van der Waals surface area contributed by atoms with E-state index in [1.807, 2.05) is 12.1 Å². The van der Waals surface area contributed by atoms with Crippen molar-refractivity contribution < 1.29 is 9.53 Å². The van der Waals surface area contributed by atoms with E-state index >= 15 is 0 Å². The van der Waals surface area contributed by atoms with Gasteiger partial charge in [-0.1, -0.05) is 41.4 Å². The predicted octanol–water partition coefficient (Wildman–Crippen LogP) is 4.26. The van der Waals surface area contributed by atoms with Crippen LogP contribution in [0.25, 0.3) is 6.08 Å². The van der Waals surface area contributed by atoms with Gasteiger partial charge >= 0.3 is 0 Å². The van der Waals surface area contributed by atoms with E-state index in [1.54, 1.807) is 29.5 Å². The molecule has 1 aliphatic heterocycles. The Morgan fingerprint density at radius 3 is 2.81 bits per heavy atom. The largest absolute Gasteiger partial charge is 0.379 e. The third-order valence-corrected chi connectivity index (χ3v) is 6.03. The zero-order valence-corrected chi connectivity index (χ0v) is 16.5. The number of amides is 1. The number of hydrogen-bond donors (Lipinski definition) is 1. The normalized spacial score (nSPS) is 16.7. The highest BCUT2D eigenvalue weighted by Crippen LogP contribution is 2.27. The van der Waals surface area contributed by atoms with Crippen molar-refractivity contribution in [3.63, 3.8) is 0 Å². The van der Waals surface area contributed by atoms with Gasteiger partial charge in [-0.2, -0.15) is 0 Å². The summed E-state index contributed by atoms with van der Waals surface area (Å²) in [5.41, 5.74) is 0.720. The number of carbonyl (C=O) groups excluding carboxylic acids is 1. The molecule has 1 amide bonds. The molecule has 0 saturated carbocycles. The fraction of sp³-hybridized carbons (Fsp3) is 0.316. The molecule has 2 heterocycles. The summed E-state index contributed by atoms with van der Waals surface area (Å²) in [7, 11) is 0. The van der Waals surface area contributed by atoms with Crippen LogP contribution < -0.4 is 5.32 Å². The Kier molecular flexibility index (Phi) is 7.11. The summed E-state index contributed by atoms with van der Waals surface area (Å²) < 4.78 is 5.44. The number of morpholine rings is 1. The van der Waals surface area contributed by atoms with Gasteiger partial charge in [-0.25, -0.2) is 0 Å². The van der Waals surface area contributed by atoms with Crippen molar-refractivity contribution in [2.45, 2.75) is 6.04 Å². The second kappa shape index (κ2) is 9.53. The smallest absolute Gasteiger partial charge is 0.244 e. The molecule has 1 atom stereocenters. The fourth-order valence-electron chi connectivity index (χ4n) is 2.85. The summed E-state index contributed by atoms with van der Waals surface area (Å²) in [6, 6.07) is 9.65. The lowest BCUT2D eigenvalue weighted by Gasteiger charge is -2.34. The predicted molar refractivity (Wildman–Crippen MR) is 108 cm³/mol. The van der Waals surface area contributed by atoms with Gasteiger partial charge in [0, 0.05) is 30.6 Å². The van der Waals surface area contributed by atoms with Gasteiger partial charge in [-0.05, 0) is 29.2 Å². The Balaban J connectivity index is 1.62. The van der Waals surface area contributed by atoms with Crippen molar-refractivity contribution in [1.29, 1.82) is 0 Å². The van der Waals surface area contributed by atoms with Gasteiger partial charge in [0.1, 0.15) is 0 Å². The topological polar surface area (TPSA) is 41.6 Å². The molecular weight excluding hydrogens is 391 g/mol. The highest BCUT2D eigenvalue weighted by Gasteiger charge is 2.23. The van der Waals surface area contributed by atoms with E-state index in [1.165, 1.54) is 11.0 Å². The summed E-state index contributed by atoms with van der Waals surface area (Å²) >= 11 is 13.8. The third-order valence-electron chi connectivity index (χ3n) is 4.22. The number of ether oxygens (including phenoxy) is 1. The number of rotatable bonds is 6. The van der Waals surface area contributed by atoms with Crippen LogP contribution in [0.4, 0.5) is 0 Å². The van der Waals surface area contributed by atoms with Crippen LogP contribution in [0.15, 0.2) is 41.8 Å². The van der Waals surface area contributed by atoms with Crippen molar-refractivity contribution in [3.8, 4) is 0 Å². The van der Waals surface area contributed by atoms with Crippen LogP contribution in [0.5, 0.6) is 0 Å². The highest BCUT2D eigenvalue weighted by molar-refractivity contribution is 7.10. The van der Waals surface area contributed by atoms with Crippen molar-refractivity contribution >= 4 is 46.5 Å². The molecule has 1 fully saturated rings. The van der Waals surface area contributed by atoms with E-state index in [4.69, 9.17) is 27.9 Å². The van der Waals surface area contributed by atoms with Crippen molar-refractivity contribution in [2.75, 3.05) is 32.8 Å². The zero-order chi connectivity index (χ0) is 18.4. The van der Waals surface area contributed by atoms with E-state index in [0.717, 1.165) is 31.9 Å². The molecule has 0 aliphatic carbocycles. The maximum atomic E-state index is 12.3. The fourth-order valence-corrected chi connectivity index (χ4v) is 4.08. The van der Waals surface area contributed by atoms with Crippen LogP contribution in [-0.4, -0.2) is 43.7 Å². The lowest BCUT2D eigenvalue weighted by atomic mass is 10.2. The second-order valence-electron chi connectivity index (χ2n) is 5.90. The summed E-state index contributed by atoms with van der Waals surface area (Å²) in [5.74, 6) is -0.157. The third kappa shape index (κ3) is 5.09. The van der Waals surface area contributed by atoms with Crippen molar-refractivity contribution in [3.05, 3.63) is 62.3 Å². The van der Waals surface area contributed by atoms with Gasteiger partial charge in [-0.3, -0.25) is 9.69 Å². The standard InChI is InChI=1S/C19H20Cl2N2O2S/c20-15-4-1-3-14(19(15)21)6-7-18(24)22-13-16(17-5-2-12-26-17)23-8-10-25-11-9-23/h1-7,12,16H,8-11,13H2,(H,22,24)/b7-6+/t16-/m0/s1. The summed E-state index contributed by atoms with van der Waals surface area (Å²) in [4.78, 5) is 15.9.